The number of ketones is 1. The molecule has 0 aliphatic carbocycles. The van der Waals surface area contributed by atoms with Crippen molar-refractivity contribution in [2.75, 3.05) is 53.6 Å². The van der Waals surface area contributed by atoms with E-state index in [0.717, 1.165) is 33.3 Å². The predicted molar refractivity (Wildman–Crippen MR) is 243 cm³/mol. The molecule has 0 aromatic heterocycles. The van der Waals surface area contributed by atoms with Crippen molar-refractivity contribution < 1.29 is 56.6 Å². The summed E-state index contributed by atoms with van der Waals surface area (Å²) >= 11 is 6.75. The Morgan fingerprint density at radius 1 is 0.780 bits per heavy atom. The summed E-state index contributed by atoms with van der Waals surface area (Å²) in [5.74, 6) is 0.176. The van der Waals surface area contributed by atoms with E-state index >= 15 is 0 Å². The number of carbonyl (C=O) groups excluding carboxylic acids is 4. The maximum Gasteiger partial charge on any atom is 2.00 e. The molecular weight excluding hydrogens is 963 g/mol. The number of amides is 3. The van der Waals surface area contributed by atoms with Crippen LogP contribution in [0.5, 0.6) is 0 Å². The van der Waals surface area contributed by atoms with Gasteiger partial charge in [0.1, 0.15) is 17.0 Å². The molecule has 3 heterocycles. The predicted octanol–water partition coefficient (Wildman–Crippen LogP) is 7.30. The normalized spacial score (nSPS) is 15.2. The van der Waals surface area contributed by atoms with Gasteiger partial charge in [-0.25, -0.2) is 14.7 Å². The maximum absolute atomic E-state index is 12.4. The minimum atomic E-state index is -0.486. The van der Waals surface area contributed by atoms with Crippen molar-refractivity contribution in [2.45, 2.75) is 113 Å². The number of carbonyl (C=O) groups is 4. The van der Waals surface area contributed by atoms with Gasteiger partial charge in [-0.2, -0.15) is 18.6 Å². The third-order valence-corrected chi connectivity index (χ3v) is 9.65. The first-order valence-electron chi connectivity index (χ1n) is 19.0. The van der Waals surface area contributed by atoms with Crippen molar-refractivity contribution in [3.8, 4) is 0 Å². The molecular formula is C44H71Br3MgN3O8-. The molecule has 3 fully saturated rings. The number of hydrogen-bond acceptors (Lipinski definition) is 8. The molecule has 2 aromatic carbocycles. The zero-order valence-electron chi connectivity index (χ0n) is 36.1. The number of piperidine rings is 2. The number of hydroxylamine groups is 2. The summed E-state index contributed by atoms with van der Waals surface area (Å²) in [5.41, 5.74) is 1.10. The molecule has 5 rings (SSSR count). The molecule has 0 radical (unpaired) electrons. The molecule has 0 saturated carbocycles. The number of likely N-dealkylation sites (tertiary alicyclic amines) is 2. The quantitative estimate of drug-likeness (QED) is 0.174. The summed E-state index contributed by atoms with van der Waals surface area (Å²) in [7, 11) is 3.07. The number of ether oxygens (including phenoxy) is 3. The largest absolute Gasteiger partial charge is 2.00 e. The zero-order chi connectivity index (χ0) is 41.2. The van der Waals surface area contributed by atoms with Gasteiger partial charge in [0.25, 0.3) is 0 Å². The van der Waals surface area contributed by atoms with E-state index in [-0.39, 0.29) is 92.0 Å². The fourth-order valence-electron chi connectivity index (χ4n) is 5.73. The zero-order valence-corrected chi connectivity index (χ0v) is 41.3. The van der Waals surface area contributed by atoms with Crippen LogP contribution in [-0.2, 0) is 35.1 Å². The van der Waals surface area contributed by atoms with Gasteiger partial charge in [0, 0.05) is 69.2 Å². The summed E-state index contributed by atoms with van der Waals surface area (Å²) in [4.78, 5) is 56.5. The Bertz CT molecular complexity index is 1490. The summed E-state index contributed by atoms with van der Waals surface area (Å²) in [6, 6.07) is 15.7. The van der Waals surface area contributed by atoms with Gasteiger partial charge in [0.05, 0.1) is 7.11 Å². The Kier molecular flexibility index (Phi) is 32.3. The minimum absolute atomic E-state index is 0. The van der Waals surface area contributed by atoms with Crippen LogP contribution in [0.1, 0.15) is 107 Å². The van der Waals surface area contributed by atoms with E-state index in [2.05, 4.69) is 38.8 Å². The van der Waals surface area contributed by atoms with E-state index in [9.17, 15) is 19.2 Å². The molecule has 59 heavy (non-hydrogen) atoms. The van der Waals surface area contributed by atoms with Crippen LogP contribution in [0.4, 0.5) is 9.59 Å². The third-order valence-electron chi connectivity index (χ3n) is 8.67. The molecule has 11 nitrogen and oxygen atoms in total. The molecule has 0 N–H and O–H groups in total. The van der Waals surface area contributed by atoms with Crippen LogP contribution in [0.2, 0.25) is 0 Å². The van der Waals surface area contributed by atoms with Crippen LogP contribution < -0.4 is 17.0 Å². The number of halogens is 3. The first-order valence-corrected chi connectivity index (χ1v) is 20.6. The molecule has 0 spiro atoms. The van der Waals surface area contributed by atoms with E-state index in [0.29, 0.717) is 58.3 Å². The molecule has 3 aliphatic heterocycles. The van der Waals surface area contributed by atoms with Crippen LogP contribution in [0.3, 0.4) is 0 Å². The van der Waals surface area contributed by atoms with Crippen molar-refractivity contribution in [2.24, 2.45) is 11.8 Å². The van der Waals surface area contributed by atoms with Crippen LogP contribution in [0.25, 0.3) is 0 Å². The molecule has 3 saturated heterocycles. The van der Waals surface area contributed by atoms with E-state index < -0.39 is 11.2 Å². The molecule has 2 aromatic rings. The molecule has 0 atom stereocenters. The van der Waals surface area contributed by atoms with Gasteiger partial charge in [0.2, 0.25) is 5.91 Å². The first kappa shape index (κ1) is 61.4. The molecule has 0 unspecified atom stereocenters. The fraction of sp³-hybridized carbons (Fsp3) is 0.614. The third kappa shape index (κ3) is 26.3. The SMILES string of the molecule is C.C.C1CCOC1.CC(C)(C)OC(=O)N1CCC(C(=O)Cc2cccc(Br)c2)CC1.CON(C)C(=O)C1CCN(C(=O)OC(C)(C)C)CC1.[2H-].[Br-].[CH2-]c1cccc(Br)c1.[Mg+2]. The van der Waals surface area contributed by atoms with Crippen LogP contribution in [0, 0.1) is 18.8 Å². The number of rotatable bonds is 5. The Morgan fingerprint density at radius 3 is 1.54 bits per heavy atom. The van der Waals surface area contributed by atoms with Gasteiger partial charge >= 0.3 is 35.2 Å². The smallest absolute Gasteiger partial charge is 1.00 e. The van der Waals surface area contributed by atoms with E-state index in [1.165, 1.54) is 25.0 Å². The molecule has 3 aliphatic rings. The van der Waals surface area contributed by atoms with Crippen LogP contribution in [-0.4, -0.2) is 127 Å². The van der Waals surface area contributed by atoms with Crippen LogP contribution >= 0.6 is 31.9 Å². The number of hydrogen-bond donors (Lipinski definition) is 0. The van der Waals surface area contributed by atoms with Crippen molar-refractivity contribution in [1.82, 2.24) is 14.9 Å². The second kappa shape index (κ2) is 31.0. The average Bonchev–Trinajstić information content (AvgIpc) is 3.71. The Balaban J connectivity index is -0.000000380. The second-order valence-corrected chi connectivity index (χ2v) is 17.6. The van der Waals surface area contributed by atoms with Crippen molar-refractivity contribution in [3.63, 3.8) is 0 Å². The van der Waals surface area contributed by atoms with Crippen molar-refractivity contribution in [1.29, 1.82) is 0 Å². The molecule has 15 heteroatoms. The van der Waals surface area contributed by atoms with E-state index in [1.807, 2.05) is 90.1 Å². The number of benzene rings is 2. The van der Waals surface area contributed by atoms with Crippen molar-refractivity contribution in [3.05, 3.63) is 75.5 Å². The molecule has 0 bridgehead atoms. The summed E-state index contributed by atoms with van der Waals surface area (Å²) in [6.45, 7) is 19.1. The number of nitrogens with zero attached hydrogens (tertiary/aromatic N) is 3. The molecule has 334 valence electrons. The number of Topliss-reactive ketones (excluding diaryl/α,β-unsaturated/α-hetero) is 1. The molecule has 3 amide bonds. The monoisotopic (exact) mass is 1030 g/mol. The topological polar surface area (TPSA) is 115 Å². The standard InChI is InChI=1S/C18H24BrNO3.C13H24N2O4.C7H6Br.C4H8O.2CH4.BrH.Mg.H/c1-18(2,3)23-17(22)20-9-7-14(8-10-20)16(21)12-13-5-4-6-15(19)11-13;1-13(2,3)19-12(17)15-8-6-10(7-9-15)11(16)14(4)18-5;1-6-3-2-4-7(8)5-6;1-2-4-5-3-1;;;;;/h4-6,11,14H,7-10,12H2,1-3H3;10H,6-9H2,1-5H3;2-5H,1H2;1-4H2;2*1H4;1H;;/q;;-1;;;;;+2;-1/p-1/i;;;;;;;;1+1. The van der Waals surface area contributed by atoms with Crippen molar-refractivity contribution >= 4 is 78.8 Å². The van der Waals surface area contributed by atoms with Gasteiger partial charge in [-0.3, -0.25) is 14.4 Å². The van der Waals surface area contributed by atoms with E-state index in [1.54, 1.807) is 16.8 Å². The first-order chi connectivity index (χ1) is 25.8. The van der Waals surface area contributed by atoms with Gasteiger partial charge in [0.15, 0.2) is 0 Å². The summed E-state index contributed by atoms with van der Waals surface area (Å²) in [6.07, 6.45) is 5.14. The van der Waals surface area contributed by atoms with Gasteiger partial charge in [-0.1, -0.05) is 64.9 Å². The maximum atomic E-state index is 12.4. The summed E-state index contributed by atoms with van der Waals surface area (Å²) < 4.78 is 17.7. The summed E-state index contributed by atoms with van der Waals surface area (Å²) in [5, 5.41) is 1.24. The van der Waals surface area contributed by atoms with Gasteiger partial charge < -0.3 is 42.4 Å². The van der Waals surface area contributed by atoms with Gasteiger partial charge in [-0.05, 0) is 102 Å². The average molecular weight is 1040 g/mol. The Hall–Kier alpha value is -1.88. The van der Waals surface area contributed by atoms with E-state index in [4.69, 9.17) is 19.0 Å². The van der Waals surface area contributed by atoms with Crippen LogP contribution in [0.15, 0.2) is 57.5 Å². The van der Waals surface area contributed by atoms with Gasteiger partial charge in [-0.15, -0.1) is 12.1 Å². The Labute approximate surface area is 401 Å². The minimum Gasteiger partial charge on any atom is -1.00 e. The second-order valence-electron chi connectivity index (χ2n) is 15.7. The fourth-order valence-corrected chi connectivity index (χ4v) is 6.63. The Morgan fingerprint density at radius 2 is 1.20 bits per heavy atom.